The van der Waals surface area contributed by atoms with Gasteiger partial charge in [-0.15, -0.1) is 10.8 Å². The molecule has 0 aromatic heterocycles. The third-order valence-corrected chi connectivity index (χ3v) is 4.23. The second kappa shape index (κ2) is 3.83. The molecule has 14 heavy (non-hydrogen) atoms. The summed E-state index contributed by atoms with van der Waals surface area (Å²) in [6.45, 7) is 0. The van der Waals surface area contributed by atoms with E-state index in [0.29, 0.717) is 5.75 Å². The molecule has 1 atom stereocenters. The van der Waals surface area contributed by atoms with Gasteiger partial charge in [0, 0.05) is 4.47 Å². The molecule has 2 rings (SSSR count). The molecule has 1 unspecified atom stereocenters. The van der Waals surface area contributed by atoms with Gasteiger partial charge in [-0.3, -0.25) is 9.11 Å². The van der Waals surface area contributed by atoms with Crippen LogP contribution < -0.4 is 4.72 Å². The summed E-state index contributed by atoms with van der Waals surface area (Å²) in [4.78, 5) is 0. The molecule has 0 amide bonds. The maximum absolute atomic E-state index is 9.41. The molecule has 0 saturated carbocycles. The fourth-order valence-electron chi connectivity index (χ4n) is 1.59. The summed E-state index contributed by atoms with van der Waals surface area (Å²) in [5, 5.41) is 0. The van der Waals surface area contributed by atoms with Gasteiger partial charge in [0.05, 0.1) is 11.8 Å². The summed E-state index contributed by atoms with van der Waals surface area (Å²) < 4.78 is 22.7. The molecule has 78 valence electrons. The molecule has 1 aromatic carbocycles. The SMILES string of the molecule is OS1(O)CCC(c2cccc(Br)c2)N1. The first-order valence-corrected chi connectivity index (χ1v) is 6.86. The van der Waals surface area contributed by atoms with E-state index < -0.39 is 10.8 Å². The van der Waals surface area contributed by atoms with Crippen LogP contribution in [0.5, 0.6) is 0 Å². The van der Waals surface area contributed by atoms with Crippen molar-refractivity contribution >= 4 is 26.7 Å². The molecule has 3 nitrogen and oxygen atoms in total. The van der Waals surface area contributed by atoms with Crippen LogP contribution in [-0.4, -0.2) is 14.9 Å². The molecule has 3 N–H and O–H groups in total. The normalized spacial score (nSPS) is 27.5. The van der Waals surface area contributed by atoms with Gasteiger partial charge in [0.25, 0.3) is 0 Å². The Hall–Kier alpha value is -0.0700. The van der Waals surface area contributed by atoms with Crippen LogP contribution in [0.4, 0.5) is 0 Å². The number of benzene rings is 1. The van der Waals surface area contributed by atoms with Crippen molar-refractivity contribution in [2.75, 3.05) is 5.75 Å². The average Bonchev–Trinajstić information content (AvgIpc) is 2.46. The van der Waals surface area contributed by atoms with Gasteiger partial charge in [-0.2, -0.15) is 0 Å². The molecule has 1 aliphatic rings. The Labute approximate surface area is 93.1 Å². The summed E-state index contributed by atoms with van der Waals surface area (Å²) in [5.74, 6) is 0.449. The van der Waals surface area contributed by atoms with Crippen molar-refractivity contribution in [2.24, 2.45) is 0 Å². The largest absolute Gasteiger partial charge is 0.286 e. The minimum Gasteiger partial charge on any atom is -0.286 e. The Balaban J connectivity index is 2.17. The molecule has 1 heterocycles. The third kappa shape index (κ3) is 2.29. The van der Waals surface area contributed by atoms with Crippen LogP contribution in [0.3, 0.4) is 0 Å². The highest BCUT2D eigenvalue weighted by Gasteiger charge is 2.28. The van der Waals surface area contributed by atoms with Gasteiger partial charge in [-0.1, -0.05) is 28.1 Å². The van der Waals surface area contributed by atoms with Gasteiger partial charge >= 0.3 is 0 Å². The zero-order valence-electron chi connectivity index (χ0n) is 7.48. The molecule has 1 saturated heterocycles. The summed E-state index contributed by atoms with van der Waals surface area (Å²) in [6, 6.07) is 7.96. The number of nitrogens with one attached hydrogen (secondary N) is 1. The standard InChI is InChI=1S/C9H12BrNO2S/c10-8-3-1-2-7(6-8)9-4-5-14(12,13)11-9/h1-3,6,9,11-13H,4-5H2. The number of halogens is 1. The van der Waals surface area contributed by atoms with Crippen molar-refractivity contribution in [3.8, 4) is 0 Å². The van der Waals surface area contributed by atoms with E-state index in [1.807, 2.05) is 24.3 Å². The molecule has 0 bridgehead atoms. The minimum absolute atomic E-state index is 0.0671. The van der Waals surface area contributed by atoms with E-state index in [-0.39, 0.29) is 6.04 Å². The first-order chi connectivity index (χ1) is 6.57. The summed E-state index contributed by atoms with van der Waals surface area (Å²) in [7, 11) is -2.52. The summed E-state index contributed by atoms with van der Waals surface area (Å²) >= 11 is 3.39. The lowest BCUT2D eigenvalue weighted by Gasteiger charge is -2.27. The van der Waals surface area contributed by atoms with Gasteiger partial charge < -0.3 is 0 Å². The van der Waals surface area contributed by atoms with Crippen molar-refractivity contribution in [3.05, 3.63) is 34.3 Å². The van der Waals surface area contributed by atoms with E-state index in [2.05, 4.69) is 20.7 Å². The first kappa shape index (κ1) is 10.4. The predicted molar refractivity (Wildman–Crippen MR) is 62.4 cm³/mol. The summed E-state index contributed by atoms with van der Waals surface area (Å²) in [5.41, 5.74) is 1.09. The van der Waals surface area contributed by atoms with Crippen LogP contribution in [0.1, 0.15) is 18.0 Å². The van der Waals surface area contributed by atoms with Crippen molar-refractivity contribution in [1.29, 1.82) is 0 Å². The highest BCUT2D eigenvalue weighted by molar-refractivity contribution is 9.10. The van der Waals surface area contributed by atoms with Crippen LogP contribution in [-0.2, 0) is 0 Å². The zero-order chi connectivity index (χ0) is 10.2. The lowest BCUT2D eigenvalue weighted by Crippen LogP contribution is -2.16. The Morgan fingerprint density at radius 1 is 1.43 bits per heavy atom. The zero-order valence-corrected chi connectivity index (χ0v) is 9.88. The third-order valence-electron chi connectivity index (χ3n) is 2.27. The van der Waals surface area contributed by atoms with Gasteiger partial charge in [0.2, 0.25) is 0 Å². The van der Waals surface area contributed by atoms with E-state index in [9.17, 15) is 9.11 Å². The fourth-order valence-corrected chi connectivity index (χ4v) is 3.39. The molecule has 1 aromatic rings. The van der Waals surface area contributed by atoms with Crippen LogP contribution in [0, 0.1) is 0 Å². The van der Waals surface area contributed by atoms with E-state index in [4.69, 9.17) is 0 Å². The number of hydrogen-bond donors (Lipinski definition) is 3. The Morgan fingerprint density at radius 2 is 2.21 bits per heavy atom. The fraction of sp³-hybridized carbons (Fsp3) is 0.333. The highest BCUT2D eigenvalue weighted by atomic mass is 79.9. The van der Waals surface area contributed by atoms with Crippen LogP contribution in [0.25, 0.3) is 0 Å². The van der Waals surface area contributed by atoms with E-state index >= 15 is 0 Å². The molecule has 0 spiro atoms. The molecular formula is C9H12BrNO2S. The minimum atomic E-state index is -2.52. The first-order valence-electron chi connectivity index (χ1n) is 4.35. The second-order valence-electron chi connectivity index (χ2n) is 3.39. The lowest BCUT2D eigenvalue weighted by atomic mass is 10.1. The van der Waals surface area contributed by atoms with E-state index in [1.54, 1.807) is 0 Å². The molecule has 0 radical (unpaired) electrons. The average molecular weight is 278 g/mol. The topological polar surface area (TPSA) is 52.5 Å². The smallest absolute Gasteiger partial charge is 0.0547 e. The highest BCUT2D eigenvalue weighted by Crippen LogP contribution is 2.46. The maximum Gasteiger partial charge on any atom is 0.0547 e. The quantitative estimate of drug-likeness (QED) is 0.739. The Kier molecular flexibility index (Phi) is 2.86. The predicted octanol–water partition coefficient (Wildman–Crippen LogP) is 3.15. The number of rotatable bonds is 1. The second-order valence-corrected chi connectivity index (χ2v) is 6.28. The van der Waals surface area contributed by atoms with E-state index in [0.717, 1.165) is 16.5 Å². The van der Waals surface area contributed by atoms with Gasteiger partial charge in [0.15, 0.2) is 0 Å². The van der Waals surface area contributed by atoms with Gasteiger partial charge in [-0.25, -0.2) is 4.72 Å². The van der Waals surface area contributed by atoms with Crippen molar-refractivity contribution in [1.82, 2.24) is 4.72 Å². The molecule has 1 fully saturated rings. The Bertz CT molecular complexity index is 345. The molecule has 5 heteroatoms. The Morgan fingerprint density at radius 3 is 2.79 bits per heavy atom. The van der Waals surface area contributed by atoms with Crippen LogP contribution in [0.2, 0.25) is 0 Å². The molecular weight excluding hydrogens is 266 g/mol. The monoisotopic (exact) mass is 277 g/mol. The lowest BCUT2D eigenvalue weighted by molar-refractivity contribution is 0.478. The maximum atomic E-state index is 9.41. The van der Waals surface area contributed by atoms with Crippen molar-refractivity contribution < 1.29 is 9.11 Å². The van der Waals surface area contributed by atoms with Crippen molar-refractivity contribution in [3.63, 3.8) is 0 Å². The van der Waals surface area contributed by atoms with Crippen LogP contribution in [0.15, 0.2) is 28.7 Å². The van der Waals surface area contributed by atoms with Gasteiger partial charge in [-0.05, 0) is 24.1 Å². The van der Waals surface area contributed by atoms with Crippen molar-refractivity contribution in [2.45, 2.75) is 12.5 Å². The summed E-state index contributed by atoms with van der Waals surface area (Å²) in [6.07, 6.45) is 0.777. The van der Waals surface area contributed by atoms with E-state index in [1.165, 1.54) is 0 Å². The van der Waals surface area contributed by atoms with Gasteiger partial charge in [0.1, 0.15) is 0 Å². The molecule has 1 aliphatic heterocycles. The number of hydrogen-bond acceptors (Lipinski definition) is 3. The molecule has 0 aliphatic carbocycles. The van der Waals surface area contributed by atoms with Crippen LogP contribution >= 0.6 is 26.7 Å².